The summed E-state index contributed by atoms with van der Waals surface area (Å²) >= 11 is 6.17. The van der Waals surface area contributed by atoms with Crippen molar-refractivity contribution in [3.8, 4) is 11.5 Å². The van der Waals surface area contributed by atoms with E-state index < -0.39 is 6.10 Å². The summed E-state index contributed by atoms with van der Waals surface area (Å²) in [6.45, 7) is 0.982. The van der Waals surface area contributed by atoms with Crippen molar-refractivity contribution in [3.05, 3.63) is 52.8 Å². The molecule has 2 aromatic rings. The third-order valence-electron chi connectivity index (χ3n) is 3.16. The highest BCUT2D eigenvalue weighted by atomic mass is 35.5. The Kier molecular flexibility index (Phi) is 3.76. The van der Waals surface area contributed by atoms with Crippen molar-refractivity contribution < 1.29 is 14.6 Å². The zero-order valence-corrected chi connectivity index (χ0v) is 11.5. The molecule has 0 fully saturated rings. The molecule has 1 unspecified atom stereocenters. The van der Waals surface area contributed by atoms with E-state index in [1.807, 2.05) is 12.1 Å². The van der Waals surface area contributed by atoms with E-state index in [0.29, 0.717) is 41.7 Å². The first-order chi connectivity index (χ1) is 9.74. The highest BCUT2D eigenvalue weighted by Gasteiger charge is 2.19. The van der Waals surface area contributed by atoms with Gasteiger partial charge < -0.3 is 14.6 Å². The molecule has 20 heavy (non-hydrogen) atoms. The van der Waals surface area contributed by atoms with Crippen LogP contribution in [0.25, 0.3) is 0 Å². The van der Waals surface area contributed by atoms with Gasteiger partial charge in [0.1, 0.15) is 13.2 Å². The normalized spacial score (nSPS) is 14.9. The van der Waals surface area contributed by atoms with Crippen LogP contribution in [0.3, 0.4) is 0 Å². The number of aliphatic hydroxyl groups is 1. The lowest BCUT2D eigenvalue weighted by molar-refractivity contribution is 0.164. The molecule has 3 rings (SSSR count). The first kappa shape index (κ1) is 13.2. The SMILES string of the molecule is OC(Cc1cccnc1)c1cc(Cl)c2c(c1)OCCO2. The van der Waals surface area contributed by atoms with Crippen molar-refractivity contribution >= 4 is 11.6 Å². The number of halogens is 1. The summed E-state index contributed by atoms with van der Waals surface area (Å²) in [4.78, 5) is 4.04. The van der Waals surface area contributed by atoms with Gasteiger partial charge in [-0.2, -0.15) is 0 Å². The number of nitrogens with zero attached hydrogens (tertiary/aromatic N) is 1. The molecule has 0 spiro atoms. The van der Waals surface area contributed by atoms with Crippen LogP contribution in [0.15, 0.2) is 36.7 Å². The van der Waals surface area contributed by atoms with E-state index in [4.69, 9.17) is 21.1 Å². The van der Waals surface area contributed by atoms with Gasteiger partial charge in [-0.05, 0) is 29.3 Å². The molecular formula is C15H14ClNO3. The summed E-state index contributed by atoms with van der Waals surface area (Å²) in [7, 11) is 0. The average Bonchev–Trinajstić information content (AvgIpc) is 2.48. The number of aliphatic hydroxyl groups excluding tert-OH is 1. The zero-order chi connectivity index (χ0) is 13.9. The van der Waals surface area contributed by atoms with Crippen molar-refractivity contribution in [2.75, 3.05) is 13.2 Å². The van der Waals surface area contributed by atoms with Crippen LogP contribution in [0.5, 0.6) is 11.5 Å². The molecule has 1 N–H and O–H groups in total. The molecule has 0 saturated carbocycles. The fourth-order valence-electron chi connectivity index (χ4n) is 2.18. The summed E-state index contributed by atoms with van der Waals surface area (Å²) in [5, 5.41) is 10.8. The van der Waals surface area contributed by atoms with E-state index in [0.717, 1.165) is 5.56 Å². The van der Waals surface area contributed by atoms with Gasteiger partial charge in [0.2, 0.25) is 0 Å². The summed E-state index contributed by atoms with van der Waals surface area (Å²) in [6, 6.07) is 7.27. The largest absolute Gasteiger partial charge is 0.486 e. The van der Waals surface area contributed by atoms with Gasteiger partial charge in [0.05, 0.1) is 11.1 Å². The second-order valence-electron chi connectivity index (χ2n) is 4.61. The van der Waals surface area contributed by atoms with Crippen molar-refractivity contribution in [3.63, 3.8) is 0 Å². The Labute approximate surface area is 121 Å². The third-order valence-corrected chi connectivity index (χ3v) is 3.44. The Morgan fingerprint density at radius 2 is 2.15 bits per heavy atom. The number of benzene rings is 1. The Bertz CT molecular complexity index is 604. The topological polar surface area (TPSA) is 51.6 Å². The summed E-state index contributed by atoms with van der Waals surface area (Å²) in [6.07, 6.45) is 3.26. The van der Waals surface area contributed by atoms with Crippen LogP contribution in [0.2, 0.25) is 5.02 Å². The smallest absolute Gasteiger partial charge is 0.179 e. The second-order valence-corrected chi connectivity index (χ2v) is 5.02. The Morgan fingerprint density at radius 1 is 1.30 bits per heavy atom. The highest BCUT2D eigenvalue weighted by Crippen LogP contribution is 2.40. The lowest BCUT2D eigenvalue weighted by Gasteiger charge is -2.21. The van der Waals surface area contributed by atoms with Crippen molar-refractivity contribution in [2.24, 2.45) is 0 Å². The molecule has 1 atom stereocenters. The van der Waals surface area contributed by atoms with Crippen molar-refractivity contribution in [1.82, 2.24) is 4.98 Å². The van der Waals surface area contributed by atoms with Crippen molar-refractivity contribution in [2.45, 2.75) is 12.5 Å². The Hall–Kier alpha value is -1.78. The van der Waals surface area contributed by atoms with Crippen LogP contribution in [0.1, 0.15) is 17.2 Å². The van der Waals surface area contributed by atoms with Gasteiger partial charge in [-0.25, -0.2) is 0 Å². The minimum atomic E-state index is -0.660. The maximum atomic E-state index is 10.3. The van der Waals surface area contributed by atoms with Gasteiger partial charge in [0.25, 0.3) is 0 Å². The molecule has 1 aromatic heterocycles. The number of hydrogen-bond acceptors (Lipinski definition) is 4. The number of hydrogen-bond donors (Lipinski definition) is 1. The first-order valence-corrected chi connectivity index (χ1v) is 6.78. The van der Waals surface area contributed by atoms with E-state index in [1.165, 1.54) is 0 Å². The van der Waals surface area contributed by atoms with E-state index in [2.05, 4.69) is 4.98 Å². The van der Waals surface area contributed by atoms with Crippen molar-refractivity contribution in [1.29, 1.82) is 0 Å². The molecule has 0 radical (unpaired) electrons. The molecule has 1 aliphatic rings. The molecule has 0 amide bonds. The van der Waals surface area contributed by atoms with Crippen LogP contribution >= 0.6 is 11.6 Å². The Morgan fingerprint density at radius 3 is 2.95 bits per heavy atom. The molecular weight excluding hydrogens is 278 g/mol. The summed E-state index contributed by atoms with van der Waals surface area (Å²) in [5.41, 5.74) is 1.68. The van der Waals surface area contributed by atoms with E-state index in [-0.39, 0.29) is 0 Å². The van der Waals surface area contributed by atoms with Gasteiger partial charge in [0, 0.05) is 18.8 Å². The molecule has 0 bridgehead atoms. The maximum absolute atomic E-state index is 10.3. The molecule has 0 saturated heterocycles. The fraction of sp³-hybridized carbons (Fsp3) is 0.267. The molecule has 5 heteroatoms. The maximum Gasteiger partial charge on any atom is 0.179 e. The molecule has 2 heterocycles. The minimum absolute atomic E-state index is 0.461. The average molecular weight is 292 g/mol. The lowest BCUT2D eigenvalue weighted by Crippen LogP contribution is -2.16. The lowest BCUT2D eigenvalue weighted by atomic mass is 10.0. The quantitative estimate of drug-likeness (QED) is 0.945. The van der Waals surface area contributed by atoms with E-state index in [9.17, 15) is 5.11 Å². The van der Waals surface area contributed by atoms with Crippen LogP contribution in [0.4, 0.5) is 0 Å². The van der Waals surface area contributed by atoms with Gasteiger partial charge in [-0.1, -0.05) is 17.7 Å². The number of aromatic nitrogens is 1. The van der Waals surface area contributed by atoms with E-state index in [1.54, 1.807) is 24.5 Å². The number of rotatable bonds is 3. The molecule has 104 valence electrons. The summed E-state index contributed by atoms with van der Waals surface area (Å²) in [5.74, 6) is 1.14. The van der Waals surface area contributed by atoms with Crippen LogP contribution in [-0.2, 0) is 6.42 Å². The predicted molar refractivity (Wildman–Crippen MR) is 75.3 cm³/mol. The highest BCUT2D eigenvalue weighted by molar-refractivity contribution is 6.32. The fourth-order valence-corrected chi connectivity index (χ4v) is 2.46. The second kappa shape index (κ2) is 5.69. The van der Waals surface area contributed by atoms with Gasteiger partial charge in [0.15, 0.2) is 11.5 Å². The molecule has 4 nitrogen and oxygen atoms in total. The minimum Gasteiger partial charge on any atom is -0.486 e. The number of fused-ring (bicyclic) bond motifs is 1. The predicted octanol–water partition coefficient (Wildman–Crippen LogP) is 2.78. The molecule has 1 aromatic carbocycles. The van der Waals surface area contributed by atoms with E-state index >= 15 is 0 Å². The third kappa shape index (κ3) is 2.71. The zero-order valence-electron chi connectivity index (χ0n) is 10.8. The monoisotopic (exact) mass is 291 g/mol. The van der Waals surface area contributed by atoms with Crippen LogP contribution < -0.4 is 9.47 Å². The summed E-state index contributed by atoms with van der Waals surface area (Å²) < 4.78 is 11.0. The van der Waals surface area contributed by atoms with Gasteiger partial charge in [-0.15, -0.1) is 0 Å². The Balaban J connectivity index is 1.85. The first-order valence-electron chi connectivity index (χ1n) is 6.40. The number of pyridine rings is 1. The van der Waals surface area contributed by atoms with Gasteiger partial charge in [-0.3, -0.25) is 4.98 Å². The number of ether oxygens (including phenoxy) is 2. The molecule has 1 aliphatic heterocycles. The van der Waals surface area contributed by atoms with Crippen LogP contribution in [0, 0.1) is 0 Å². The standard InChI is InChI=1S/C15H14ClNO3/c16-12-7-11(8-14-15(12)20-5-4-19-14)13(18)6-10-2-1-3-17-9-10/h1-3,7-9,13,18H,4-6H2. The molecule has 0 aliphatic carbocycles. The van der Waals surface area contributed by atoms with Gasteiger partial charge >= 0.3 is 0 Å². The van der Waals surface area contributed by atoms with Crippen LogP contribution in [-0.4, -0.2) is 23.3 Å².